The molecule has 126 valence electrons. The molecule has 0 fully saturated rings. The van der Waals surface area contributed by atoms with Crippen LogP contribution in [0.5, 0.6) is 0 Å². The van der Waals surface area contributed by atoms with Gasteiger partial charge >= 0.3 is 11.9 Å². The smallest absolute Gasteiger partial charge is 0.338 e. The van der Waals surface area contributed by atoms with E-state index in [1.807, 2.05) is 50.2 Å². The Hall–Kier alpha value is -2.62. The third kappa shape index (κ3) is 4.95. The molecule has 2 aromatic rings. The zero-order chi connectivity index (χ0) is 17.4. The van der Waals surface area contributed by atoms with Crippen molar-refractivity contribution in [2.24, 2.45) is 0 Å². The fourth-order valence-electron chi connectivity index (χ4n) is 2.27. The van der Waals surface area contributed by atoms with Crippen molar-refractivity contribution in [1.82, 2.24) is 0 Å². The summed E-state index contributed by atoms with van der Waals surface area (Å²) in [5, 5.41) is 0. The Balaban J connectivity index is 1.79. The summed E-state index contributed by atoms with van der Waals surface area (Å²) in [4.78, 5) is 23.9. The summed E-state index contributed by atoms with van der Waals surface area (Å²) in [5.41, 5.74) is 3.17. The molecule has 0 N–H and O–H groups in total. The molecular formula is C20H22O4. The maximum Gasteiger partial charge on any atom is 0.338 e. The predicted molar refractivity (Wildman–Crippen MR) is 92.2 cm³/mol. The number of ether oxygens (including phenoxy) is 2. The van der Waals surface area contributed by atoms with Crippen LogP contribution >= 0.6 is 0 Å². The van der Waals surface area contributed by atoms with Gasteiger partial charge in [0.15, 0.2) is 0 Å². The second-order valence-electron chi connectivity index (χ2n) is 5.38. The average molecular weight is 326 g/mol. The quantitative estimate of drug-likeness (QED) is 0.573. The molecule has 24 heavy (non-hydrogen) atoms. The first-order chi connectivity index (χ1) is 11.6. The van der Waals surface area contributed by atoms with Crippen LogP contribution in [0.3, 0.4) is 0 Å². The summed E-state index contributed by atoms with van der Waals surface area (Å²) in [6.45, 7) is 4.12. The topological polar surface area (TPSA) is 52.6 Å². The lowest BCUT2D eigenvalue weighted by Gasteiger charge is -2.08. The van der Waals surface area contributed by atoms with Gasteiger partial charge in [-0.05, 0) is 48.2 Å². The molecule has 0 aliphatic heterocycles. The van der Waals surface area contributed by atoms with Gasteiger partial charge in [0.05, 0.1) is 11.1 Å². The molecule has 4 nitrogen and oxygen atoms in total. The van der Waals surface area contributed by atoms with Gasteiger partial charge in [-0.2, -0.15) is 0 Å². The Labute approximate surface area is 142 Å². The number of carbonyl (C=O) groups is 2. The van der Waals surface area contributed by atoms with Gasteiger partial charge in [-0.15, -0.1) is 0 Å². The van der Waals surface area contributed by atoms with Crippen LogP contribution in [0, 0.1) is 0 Å². The Bertz CT molecular complexity index is 645. The Morgan fingerprint density at radius 3 is 1.54 bits per heavy atom. The molecule has 0 unspecified atom stereocenters. The number of rotatable bonds is 7. The van der Waals surface area contributed by atoms with Gasteiger partial charge < -0.3 is 9.47 Å². The second kappa shape index (κ2) is 8.87. The SMILES string of the molecule is CCc1cccc(C(=O)OCCOC(=O)c2cccc(CC)c2)c1. The number of carbonyl (C=O) groups excluding carboxylic acids is 2. The summed E-state index contributed by atoms with van der Waals surface area (Å²) < 4.78 is 10.3. The van der Waals surface area contributed by atoms with Crippen molar-refractivity contribution < 1.29 is 19.1 Å². The number of aryl methyl sites for hydroxylation is 2. The fraction of sp³-hybridized carbons (Fsp3) is 0.300. The molecule has 0 atom stereocenters. The molecule has 4 heteroatoms. The van der Waals surface area contributed by atoms with Crippen LogP contribution < -0.4 is 0 Å². The van der Waals surface area contributed by atoms with Crippen molar-refractivity contribution in [2.45, 2.75) is 26.7 Å². The molecule has 0 aromatic heterocycles. The Morgan fingerprint density at radius 1 is 0.750 bits per heavy atom. The van der Waals surface area contributed by atoms with E-state index in [9.17, 15) is 9.59 Å². The van der Waals surface area contributed by atoms with Crippen LogP contribution in [-0.4, -0.2) is 25.2 Å². The lowest BCUT2D eigenvalue weighted by Crippen LogP contribution is -2.14. The van der Waals surface area contributed by atoms with Gasteiger partial charge in [0.25, 0.3) is 0 Å². The monoisotopic (exact) mass is 326 g/mol. The first-order valence-corrected chi connectivity index (χ1v) is 8.16. The molecule has 0 aliphatic rings. The van der Waals surface area contributed by atoms with Crippen LogP contribution in [0.2, 0.25) is 0 Å². The highest BCUT2D eigenvalue weighted by molar-refractivity contribution is 5.90. The van der Waals surface area contributed by atoms with E-state index in [1.54, 1.807) is 12.1 Å². The maximum absolute atomic E-state index is 11.9. The molecule has 0 bridgehead atoms. The summed E-state index contributed by atoms with van der Waals surface area (Å²) in [6, 6.07) is 14.6. The van der Waals surface area contributed by atoms with Crippen molar-refractivity contribution in [3.63, 3.8) is 0 Å². The first-order valence-electron chi connectivity index (χ1n) is 8.16. The number of hydrogen-bond donors (Lipinski definition) is 0. The minimum atomic E-state index is -0.408. The summed E-state index contributed by atoms with van der Waals surface area (Å²) in [6.07, 6.45) is 1.71. The van der Waals surface area contributed by atoms with E-state index in [4.69, 9.17) is 9.47 Å². The fourth-order valence-corrected chi connectivity index (χ4v) is 2.27. The normalized spacial score (nSPS) is 10.2. The molecule has 0 spiro atoms. The van der Waals surface area contributed by atoms with Gasteiger partial charge in [0, 0.05) is 0 Å². The van der Waals surface area contributed by atoms with Crippen molar-refractivity contribution in [1.29, 1.82) is 0 Å². The average Bonchev–Trinajstić information content (AvgIpc) is 2.64. The van der Waals surface area contributed by atoms with E-state index in [1.165, 1.54) is 0 Å². The molecule has 0 heterocycles. The van der Waals surface area contributed by atoms with E-state index in [0.717, 1.165) is 24.0 Å². The van der Waals surface area contributed by atoms with Gasteiger partial charge in [0.2, 0.25) is 0 Å². The van der Waals surface area contributed by atoms with Crippen molar-refractivity contribution in [2.75, 3.05) is 13.2 Å². The molecule has 0 radical (unpaired) electrons. The van der Waals surface area contributed by atoms with Crippen LogP contribution in [0.25, 0.3) is 0 Å². The summed E-state index contributed by atoms with van der Waals surface area (Å²) in [5.74, 6) is -0.816. The third-order valence-corrected chi connectivity index (χ3v) is 3.69. The first kappa shape index (κ1) is 17.7. The van der Waals surface area contributed by atoms with Crippen molar-refractivity contribution >= 4 is 11.9 Å². The largest absolute Gasteiger partial charge is 0.458 e. The molecule has 0 aliphatic carbocycles. The van der Waals surface area contributed by atoms with Crippen LogP contribution in [0.15, 0.2) is 48.5 Å². The van der Waals surface area contributed by atoms with Gasteiger partial charge in [-0.1, -0.05) is 38.1 Å². The highest BCUT2D eigenvalue weighted by Crippen LogP contribution is 2.09. The van der Waals surface area contributed by atoms with Crippen LogP contribution in [0.1, 0.15) is 45.7 Å². The van der Waals surface area contributed by atoms with Gasteiger partial charge in [-0.3, -0.25) is 0 Å². The summed E-state index contributed by atoms with van der Waals surface area (Å²) in [7, 11) is 0. The minimum absolute atomic E-state index is 0.0361. The molecule has 0 saturated heterocycles. The lowest BCUT2D eigenvalue weighted by molar-refractivity contribution is 0.0265. The third-order valence-electron chi connectivity index (χ3n) is 3.69. The van der Waals surface area contributed by atoms with E-state index in [-0.39, 0.29) is 13.2 Å². The maximum atomic E-state index is 11.9. The van der Waals surface area contributed by atoms with E-state index in [2.05, 4.69) is 0 Å². The standard InChI is InChI=1S/C20H22O4/c1-3-15-7-5-9-17(13-15)19(21)23-11-12-24-20(22)18-10-6-8-16(4-2)14-18/h5-10,13-14H,3-4,11-12H2,1-2H3. The molecule has 0 amide bonds. The Morgan fingerprint density at radius 2 is 1.17 bits per heavy atom. The van der Waals surface area contributed by atoms with Gasteiger partial charge in [0.1, 0.15) is 13.2 Å². The van der Waals surface area contributed by atoms with Crippen molar-refractivity contribution in [3.8, 4) is 0 Å². The molecule has 2 aromatic carbocycles. The van der Waals surface area contributed by atoms with Crippen LogP contribution in [-0.2, 0) is 22.3 Å². The van der Waals surface area contributed by atoms with Crippen LogP contribution in [0.4, 0.5) is 0 Å². The van der Waals surface area contributed by atoms with Crippen molar-refractivity contribution in [3.05, 3.63) is 70.8 Å². The van der Waals surface area contributed by atoms with E-state index in [0.29, 0.717) is 11.1 Å². The highest BCUT2D eigenvalue weighted by Gasteiger charge is 2.10. The molecule has 0 saturated carbocycles. The predicted octanol–water partition coefficient (Wildman–Crippen LogP) is 3.83. The Kier molecular flexibility index (Phi) is 6.55. The zero-order valence-electron chi connectivity index (χ0n) is 14.1. The summed E-state index contributed by atoms with van der Waals surface area (Å²) >= 11 is 0. The van der Waals surface area contributed by atoms with E-state index >= 15 is 0 Å². The minimum Gasteiger partial charge on any atom is -0.458 e. The molecular weight excluding hydrogens is 304 g/mol. The number of esters is 2. The lowest BCUT2D eigenvalue weighted by atomic mass is 10.1. The highest BCUT2D eigenvalue weighted by atomic mass is 16.6. The number of benzene rings is 2. The zero-order valence-corrected chi connectivity index (χ0v) is 14.1. The second-order valence-corrected chi connectivity index (χ2v) is 5.38. The molecule has 2 rings (SSSR count). The number of hydrogen-bond acceptors (Lipinski definition) is 4. The van der Waals surface area contributed by atoms with Gasteiger partial charge in [-0.25, -0.2) is 9.59 Å². The van der Waals surface area contributed by atoms with E-state index < -0.39 is 11.9 Å².